The smallest absolute Gasteiger partial charge is 0.255 e. The molecule has 0 fully saturated rings. The van der Waals surface area contributed by atoms with E-state index in [1.807, 2.05) is 24.3 Å². The van der Waals surface area contributed by atoms with Crippen LogP contribution in [0.15, 0.2) is 40.9 Å². The molecule has 0 bridgehead atoms. The van der Waals surface area contributed by atoms with Gasteiger partial charge in [-0.15, -0.1) is 0 Å². The second-order valence-corrected chi connectivity index (χ2v) is 4.90. The Balaban J connectivity index is 2.20. The van der Waals surface area contributed by atoms with E-state index in [9.17, 15) is 4.79 Å². The van der Waals surface area contributed by atoms with Crippen LogP contribution in [0.2, 0.25) is 0 Å². The quantitative estimate of drug-likeness (QED) is 0.600. The van der Waals surface area contributed by atoms with Crippen molar-refractivity contribution < 1.29 is 4.79 Å². The number of nitrogen functional groups attached to an aromatic ring is 1. The highest BCUT2D eigenvalue weighted by Gasteiger charge is 2.08. The van der Waals surface area contributed by atoms with Gasteiger partial charge in [0, 0.05) is 21.4 Å². The largest absolute Gasteiger partial charge is 0.322 e. The Morgan fingerprint density at radius 3 is 2.58 bits per heavy atom. The Bertz CT molecular complexity index is 598. The van der Waals surface area contributed by atoms with Crippen LogP contribution in [0.4, 0.5) is 11.5 Å². The van der Waals surface area contributed by atoms with Crippen LogP contribution in [-0.2, 0) is 0 Å². The molecule has 0 saturated carbocycles. The molecule has 0 spiro atoms. The molecule has 0 unspecified atom stereocenters. The highest BCUT2D eigenvalue weighted by Crippen LogP contribution is 2.16. The standard InChI is InChI=1S/C13H13BrN4O/c1-8-6-9(7-12(16-8)18-15)13(19)17-11-4-2-10(14)3-5-11/h2-7H,15H2,1H3,(H,16,18)(H,17,19). The van der Waals surface area contributed by atoms with Gasteiger partial charge in [-0.1, -0.05) is 15.9 Å². The third-order valence-electron chi connectivity index (χ3n) is 2.47. The molecule has 6 heteroatoms. The van der Waals surface area contributed by atoms with E-state index in [4.69, 9.17) is 5.84 Å². The monoisotopic (exact) mass is 320 g/mol. The average Bonchev–Trinajstić information content (AvgIpc) is 2.40. The van der Waals surface area contributed by atoms with Gasteiger partial charge in [0.25, 0.3) is 5.91 Å². The zero-order chi connectivity index (χ0) is 13.8. The number of aromatic nitrogens is 1. The molecule has 98 valence electrons. The molecule has 0 atom stereocenters. The molecule has 1 aromatic carbocycles. The van der Waals surface area contributed by atoms with Crippen molar-refractivity contribution in [2.75, 3.05) is 10.7 Å². The van der Waals surface area contributed by atoms with Crippen molar-refractivity contribution in [3.05, 3.63) is 52.1 Å². The lowest BCUT2D eigenvalue weighted by atomic mass is 10.2. The van der Waals surface area contributed by atoms with E-state index in [1.54, 1.807) is 19.1 Å². The maximum absolute atomic E-state index is 12.1. The van der Waals surface area contributed by atoms with Crippen molar-refractivity contribution in [3.63, 3.8) is 0 Å². The van der Waals surface area contributed by atoms with E-state index < -0.39 is 0 Å². The summed E-state index contributed by atoms with van der Waals surface area (Å²) in [5, 5.41) is 2.81. The Morgan fingerprint density at radius 1 is 1.26 bits per heavy atom. The van der Waals surface area contributed by atoms with Gasteiger partial charge >= 0.3 is 0 Å². The lowest BCUT2D eigenvalue weighted by Gasteiger charge is -2.08. The molecule has 0 aliphatic rings. The summed E-state index contributed by atoms with van der Waals surface area (Å²) < 4.78 is 0.958. The van der Waals surface area contributed by atoms with Crippen LogP contribution in [0, 0.1) is 6.92 Å². The Morgan fingerprint density at radius 2 is 1.95 bits per heavy atom. The maximum atomic E-state index is 12.1. The van der Waals surface area contributed by atoms with E-state index in [0.29, 0.717) is 11.4 Å². The maximum Gasteiger partial charge on any atom is 0.255 e. The fraction of sp³-hybridized carbons (Fsp3) is 0.0769. The summed E-state index contributed by atoms with van der Waals surface area (Å²) in [6.45, 7) is 1.80. The van der Waals surface area contributed by atoms with Crippen LogP contribution in [0.5, 0.6) is 0 Å². The summed E-state index contributed by atoms with van der Waals surface area (Å²) in [7, 11) is 0. The molecule has 0 saturated heterocycles. The summed E-state index contributed by atoms with van der Waals surface area (Å²) >= 11 is 3.34. The van der Waals surface area contributed by atoms with Crippen molar-refractivity contribution in [2.45, 2.75) is 6.92 Å². The Kier molecular flexibility index (Phi) is 4.13. The number of carbonyl (C=O) groups is 1. The normalized spacial score (nSPS) is 10.1. The molecule has 4 N–H and O–H groups in total. The zero-order valence-corrected chi connectivity index (χ0v) is 11.9. The summed E-state index contributed by atoms with van der Waals surface area (Å²) in [4.78, 5) is 16.2. The first-order valence-electron chi connectivity index (χ1n) is 5.61. The molecule has 19 heavy (non-hydrogen) atoms. The zero-order valence-electron chi connectivity index (χ0n) is 10.3. The SMILES string of the molecule is Cc1cc(C(=O)Nc2ccc(Br)cc2)cc(NN)n1. The molecule has 0 radical (unpaired) electrons. The summed E-state index contributed by atoms with van der Waals surface area (Å²) in [6.07, 6.45) is 0. The minimum absolute atomic E-state index is 0.204. The van der Waals surface area contributed by atoms with E-state index in [0.717, 1.165) is 15.9 Å². The van der Waals surface area contributed by atoms with E-state index in [-0.39, 0.29) is 5.91 Å². The summed E-state index contributed by atoms with van der Waals surface area (Å²) in [5.41, 5.74) is 4.39. The number of aryl methyl sites for hydroxylation is 1. The van der Waals surface area contributed by atoms with E-state index >= 15 is 0 Å². The predicted octanol–water partition coefficient (Wildman–Crippen LogP) is 2.69. The van der Waals surface area contributed by atoms with Crippen LogP contribution in [0.3, 0.4) is 0 Å². The number of hydrazine groups is 1. The minimum Gasteiger partial charge on any atom is -0.322 e. The molecule has 2 aromatic rings. The summed E-state index contributed by atoms with van der Waals surface area (Å²) in [5.74, 6) is 5.56. The van der Waals surface area contributed by atoms with Gasteiger partial charge < -0.3 is 10.7 Å². The van der Waals surface area contributed by atoms with Crippen LogP contribution in [0.25, 0.3) is 0 Å². The number of benzene rings is 1. The third kappa shape index (κ3) is 3.52. The Labute approximate surface area is 119 Å². The van der Waals surface area contributed by atoms with E-state index in [2.05, 4.69) is 31.7 Å². The fourth-order valence-corrected chi connectivity index (χ4v) is 1.87. The van der Waals surface area contributed by atoms with Crippen molar-refractivity contribution >= 4 is 33.3 Å². The number of hydrogen-bond acceptors (Lipinski definition) is 4. The van der Waals surface area contributed by atoms with Crippen molar-refractivity contribution in [2.24, 2.45) is 5.84 Å². The highest BCUT2D eigenvalue weighted by atomic mass is 79.9. The molecular weight excluding hydrogens is 308 g/mol. The number of carbonyl (C=O) groups excluding carboxylic acids is 1. The first-order chi connectivity index (χ1) is 9.08. The van der Waals surface area contributed by atoms with Crippen LogP contribution < -0.4 is 16.6 Å². The number of nitrogens with zero attached hydrogens (tertiary/aromatic N) is 1. The van der Waals surface area contributed by atoms with Gasteiger partial charge in [-0.3, -0.25) is 4.79 Å². The number of hydrogen-bond donors (Lipinski definition) is 3. The van der Waals surface area contributed by atoms with Crippen molar-refractivity contribution in [1.29, 1.82) is 0 Å². The first-order valence-corrected chi connectivity index (χ1v) is 6.40. The lowest BCUT2D eigenvalue weighted by molar-refractivity contribution is 0.102. The highest BCUT2D eigenvalue weighted by molar-refractivity contribution is 9.10. The molecule has 1 aromatic heterocycles. The van der Waals surface area contributed by atoms with Gasteiger partial charge in [-0.05, 0) is 43.3 Å². The second kappa shape index (κ2) is 5.81. The average molecular weight is 321 g/mol. The lowest BCUT2D eigenvalue weighted by Crippen LogP contribution is -2.15. The number of nitrogens with two attached hydrogens (primary N) is 1. The second-order valence-electron chi connectivity index (χ2n) is 3.99. The number of pyridine rings is 1. The van der Waals surface area contributed by atoms with Gasteiger partial charge in [0.2, 0.25) is 0 Å². The van der Waals surface area contributed by atoms with Crippen LogP contribution in [0.1, 0.15) is 16.1 Å². The fourth-order valence-electron chi connectivity index (χ4n) is 1.61. The number of amides is 1. The van der Waals surface area contributed by atoms with Gasteiger partial charge in [0.1, 0.15) is 5.82 Å². The number of nitrogens with one attached hydrogen (secondary N) is 2. The number of rotatable bonds is 3. The summed E-state index contributed by atoms with van der Waals surface area (Å²) in [6, 6.07) is 10.7. The van der Waals surface area contributed by atoms with Crippen molar-refractivity contribution in [1.82, 2.24) is 4.98 Å². The Hall–Kier alpha value is -1.92. The van der Waals surface area contributed by atoms with Crippen LogP contribution in [-0.4, -0.2) is 10.9 Å². The van der Waals surface area contributed by atoms with E-state index in [1.165, 1.54) is 0 Å². The number of halogens is 1. The van der Waals surface area contributed by atoms with Gasteiger partial charge in [-0.25, -0.2) is 10.8 Å². The molecular formula is C13H13BrN4O. The molecule has 1 amide bonds. The van der Waals surface area contributed by atoms with Gasteiger partial charge in [0.05, 0.1) is 0 Å². The molecule has 2 rings (SSSR count). The third-order valence-corrected chi connectivity index (χ3v) is 2.99. The predicted molar refractivity (Wildman–Crippen MR) is 78.9 cm³/mol. The van der Waals surface area contributed by atoms with Gasteiger partial charge in [-0.2, -0.15) is 0 Å². The van der Waals surface area contributed by atoms with Gasteiger partial charge in [0.15, 0.2) is 0 Å². The molecule has 0 aliphatic carbocycles. The minimum atomic E-state index is -0.204. The molecule has 1 heterocycles. The number of anilines is 2. The molecule has 0 aliphatic heterocycles. The first kappa shape index (κ1) is 13.5. The van der Waals surface area contributed by atoms with Crippen LogP contribution >= 0.6 is 15.9 Å². The van der Waals surface area contributed by atoms with Crippen molar-refractivity contribution in [3.8, 4) is 0 Å². The molecule has 5 nitrogen and oxygen atoms in total. The topological polar surface area (TPSA) is 80.0 Å².